The third-order valence-corrected chi connectivity index (χ3v) is 3.49. The van der Waals surface area contributed by atoms with E-state index in [0.717, 1.165) is 18.6 Å². The van der Waals surface area contributed by atoms with Gasteiger partial charge in [-0.1, -0.05) is 23.2 Å². The van der Waals surface area contributed by atoms with Crippen molar-refractivity contribution < 1.29 is 9.94 Å². The molecule has 0 aromatic heterocycles. The highest BCUT2D eigenvalue weighted by Gasteiger charge is 2.15. The summed E-state index contributed by atoms with van der Waals surface area (Å²) in [5.41, 5.74) is 6.01. The van der Waals surface area contributed by atoms with Crippen LogP contribution in [0.2, 0.25) is 5.02 Å². The van der Waals surface area contributed by atoms with E-state index in [9.17, 15) is 0 Å². The molecule has 4 nitrogen and oxygen atoms in total. The standard InChI is InChI=1S/C13H17ClN2O2/c14-12-8-10(6-7-11(12)13(15)16-17)18-9-4-2-1-3-5-9/h6-9,17H,1-5H2,(H2,15,16). The molecule has 5 heteroatoms. The van der Waals surface area contributed by atoms with E-state index in [2.05, 4.69) is 5.16 Å². The average Bonchev–Trinajstić information content (AvgIpc) is 2.39. The molecule has 0 aliphatic heterocycles. The van der Waals surface area contributed by atoms with Gasteiger partial charge in [-0.15, -0.1) is 0 Å². The summed E-state index contributed by atoms with van der Waals surface area (Å²) < 4.78 is 5.88. The normalized spacial score (nSPS) is 17.7. The lowest BCUT2D eigenvalue weighted by Crippen LogP contribution is -2.20. The second-order valence-electron chi connectivity index (χ2n) is 4.50. The number of nitrogens with zero attached hydrogens (tertiary/aromatic N) is 1. The minimum atomic E-state index is 0.00390. The summed E-state index contributed by atoms with van der Waals surface area (Å²) in [6, 6.07) is 5.22. The molecule has 2 rings (SSSR count). The van der Waals surface area contributed by atoms with Crippen LogP contribution < -0.4 is 10.5 Å². The Morgan fingerprint density at radius 3 is 2.67 bits per heavy atom. The molecule has 1 fully saturated rings. The second kappa shape index (κ2) is 5.96. The van der Waals surface area contributed by atoms with Crippen molar-refractivity contribution in [2.75, 3.05) is 0 Å². The van der Waals surface area contributed by atoms with Crippen molar-refractivity contribution in [1.82, 2.24) is 0 Å². The first-order chi connectivity index (χ1) is 8.70. The molecule has 1 saturated carbocycles. The van der Waals surface area contributed by atoms with Crippen molar-refractivity contribution in [2.45, 2.75) is 38.2 Å². The van der Waals surface area contributed by atoms with Crippen LogP contribution in [0.25, 0.3) is 0 Å². The maximum absolute atomic E-state index is 8.62. The Labute approximate surface area is 111 Å². The van der Waals surface area contributed by atoms with Crippen LogP contribution in [0.4, 0.5) is 0 Å². The predicted molar refractivity (Wildman–Crippen MR) is 71.5 cm³/mol. The van der Waals surface area contributed by atoms with E-state index in [1.165, 1.54) is 19.3 Å². The van der Waals surface area contributed by atoms with Crippen LogP contribution >= 0.6 is 11.6 Å². The molecule has 0 radical (unpaired) electrons. The minimum Gasteiger partial charge on any atom is -0.490 e. The zero-order valence-electron chi connectivity index (χ0n) is 10.1. The number of oxime groups is 1. The number of hydrogen-bond donors (Lipinski definition) is 2. The van der Waals surface area contributed by atoms with Crippen molar-refractivity contribution in [1.29, 1.82) is 0 Å². The molecule has 0 amide bonds. The van der Waals surface area contributed by atoms with E-state index in [0.29, 0.717) is 10.6 Å². The molecule has 0 atom stereocenters. The number of amidine groups is 1. The molecule has 1 aromatic carbocycles. The average molecular weight is 269 g/mol. The largest absolute Gasteiger partial charge is 0.490 e. The first kappa shape index (κ1) is 13.0. The van der Waals surface area contributed by atoms with Gasteiger partial charge in [-0.05, 0) is 43.9 Å². The number of ether oxygens (including phenoxy) is 1. The molecule has 0 unspecified atom stereocenters. The summed E-state index contributed by atoms with van der Waals surface area (Å²) in [5.74, 6) is 0.741. The topological polar surface area (TPSA) is 67.8 Å². The third-order valence-electron chi connectivity index (χ3n) is 3.18. The van der Waals surface area contributed by atoms with E-state index in [-0.39, 0.29) is 11.9 Å². The van der Waals surface area contributed by atoms with Gasteiger partial charge in [0, 0.05) is 5.56 Å². The molecule has 0 heterocycles. The van der Waals surface area contributed by atoms with E-state index in [1.807, 2.05) is 0 Å². The van der Waals surface area contributed by atoms with Gasteiger partial charge >= 0.3 is 0 Å². The van der Waals surface area contributed by atoms with Crippen LogP contribution in [0.3, 0.4) is 0 Å². The van der Waals surface area contributed by atoms with E-state index >= 15 is 0 Å². The Balaban J connectivity index is 2.08. The zero-order valence-corrected chi connectivity index (χ0v) is 10.9. The Morgan fingerprint density at radius 1 is 1.33 bits per heavy atom. The van der Waals surface area contributed by atoms with Gasteiger partial charge in [0.05, 0.1) is 11.1 Å². The van der Waals surface area contributed by atoms with Crippen molar-refractivity contribution in [3.8, 4) is 5.75 Å². The summed E-state index contributed by atoms with van der Waals surface area (Å²) in [6.07, 6.45) is 6.22. The minimum absolute atomic E-state index is 0.00390. The fourth-order valence-electron chi connectivity index (χ4n) is 2.21. The van der Waals surface area contributed by atoms with Crippen molar-refractivity contribution in [2.24, 2.45) is 10.9 Å². The number of nitrogens with two attached hydrogens (primary N) is 1. The SMILES string of the molecule is NC(=NO)c1ccc(OC2CCCCC2)cc1Cl. The summed E-state index contributed by atoms with van der Waals surface area (Å²) in [6.45, 7) is 0. The molecule has 0 spiro atoms. The van der Waals surface area contributed by atoms with Gasteiger partial charge in [-0.2, -0.15) is 0 Å². The monoisotopic (exact) mass is 268 g/mol. The molecule has 1 aliphatic carbocycles. The first-order valence-corrected chi connectivity index (χ1v) is 6.52. The summed E-state index contributed by atoms with van der Waals surface area (Å²) in [5, 5.41) is 12.0. The predicted octanol–water partition coefficient (Wildman–Crippen LogP) is 3.15. The van der Waals surface area contributed by atoms with Gasteiger partial charge in [0.2, 0.25) is 0 Å². The molecule has 1 aliphatic rings. The molecular formula is C13H17ClN2O2. The van der Waals surface area contributed by atoms with Crippen LogP contribution in [-0.2, 0) is 0 Å². The lowest BCUT2D eigenvalue weighted by molar-refractivity contribution is 0.155. The molecule has 0 bridgehead atoms. The Kier molecular flexibility index (Phi) is 4.31. The molecule has 0 saturated heterocycles. The first-order valence-electron chi connectivity index (χ1n) is 6.15. The molecule has 98 valence electrons. The van der Waals surface area contributed by atoms with Gasteiger partial charge in [0.15, 0.2) is 5.84 Å². The van der Waals surface area contributed by atoms with Gasteiger partial charge in [-0.25, -0.2) is 0 Å². The number of benzene rings is 1. The number of hydrogen-bond acceptors (Lipinski definition) is 3. The highest BCUT2D eigenvalue weighted by atomic mass is 35.5. The van der Waals surface area contributed by atoms with Crippen LogP contribution in [0.5, 0.6) is 5.75 Å². The Hall–Kier alpha value is -1.42. The lowest BCUT2D eigenvalue weighted by atomic mass is 9.98. The van der Waals surface area contributed by atoms with Crippen LogP contribution in [0.1, 0.15) is 37.7 Å². The van der Waals surface area contributed by atoms with Crippen LogP contribution in [-0.4, -0.2) is 17.1 Å². The third kappa shape index (κ3) is 3.07. The van der Waals surface area contributed by atoms with E-state index < -0.39 is 0 Å². The van der Waals surface area contributed by atoms with Crippen molar-refractivity contribution >= 4 is 17.4 Å². The summed E-state index contributed by atoms with van der Waals surface area (Å²) >= 11 is 6.07. The maximum atomic E-state index is 8.62. The molecular weight excluding hydrogens is 252 g/mol. The Bertz CT molecular complexity index is 443. The maximum Gasteiger partial charge on any atom is 0.171 e. The highest BCUT2D eigenvalue weighted by molar-refractivity contribution is 6.34. The van der Waals surface area contributed by atoms with Gasteiger partial charge < -0.3 is 15.7 Å². The quantitative estimate of drug-likeness (QED) is 0.383. The van der Waals surface area contributed by atoms with Gasteiger partial charge in [0.25, 0.3) is 0 Å². The fraction of sp³-hybridized carbons (Fsp3) is 0.462. The van der Waals surface area contributed by atoms with Crippen molar-refractivity contribution in [3.63, 3.8) is 0 Å². The zero-order chi connectivity index (χ0) is 13.0. The van der Waals surface area contributed by atoms with Crippen LogP contribution in [0, 0.1) is 0 Å². The molecule has 18 heavy (non-hydrogen) atoms. The van der Waals surface area contributed by atoms with E-state index in [4.69, 9.17) is 27.3 Å². The fourth-order valence-corrected chi connectivity index (χ4v) is 2.47. The van der Waals surface area contributed by atoms with Gasteiger partial charge in [0.1, 0.15) is 5.75 Å². The molecule has 1 aromatic rings. The number of halogens is 1. The lowest BCUT2D eigenvalue weighted by Gasteiger charge is -2.23. The van der Waals surface area contributed by atoms with Crippen LogP contribution in [0.15, 0.2) is 23.4 Å². The highest BCUT2D eigenvalue weighted by Crippen LogP contribution is 2.27. The van der Waals surface area contributed by atoms with Crippen molar-refractivity contribution in [3.05, 3.63) is 28.8 Å². The number of rotatable bonds is 3. The smallest absolute Gasteiger partial charge is 0.171 e. The summed E-state index contributed by atoms with van der Waals surface area (Å²) in [7, 11) is 0. The Morgan fingerprint density at radius 2 is 2.06 bits per heavy atom. The van der Waals surface area contributed by atoms with Gasteiger partial charge in [-0.3, -0.25) is 0 Å². The summed E-state index contributed by atoms with van der Waals surface area (Å²) in [4.78, 5) is 0. The second-order valence-corrected chi connectivity index (χ2v) is 4.91. The van der Waals surface area contributed by atoms with E-state index in [1.54, 1.807) is 18.2 Å². The molecule has 3 N–H and O–H groups in total.